The molecule has 2 aromatic carbocycles. The largest absolute Gasteiger partial charge is 0.320 e. The highest BCUT2D eigenvalue weighted by Crippen LogP contribution is 2.30. The highest BCUT2D eigenvalue weighted by molar-refractivity contribution is 9.10. The number of benzene rings is 2. The molecule has 9 heteroatoms. The Morgan fingerprint density at radius 1 is 1.22 bits per heavy atom. The molecule has 0 bridgehead atoms. The molecule has 2 amide bonds. The van der Waals surface area contributed by atoms with Crippen LogP contribution in [0.15, 0.2) is 40.9 Å². The number of hydrogen-bond donors (Lipinski definition) is 1. The molecule has 142 valence electrons. The lowest BCUT2D eigenvalue weighted by atomic mass is 10.1. The number of nitrogens with zero attached hydrogens (tertiary/aromatic N) is 2. The third kappa shape index (κ3) is 5.30. The quantitative estimate of drug-likeness (QED) is 0.515. The van der Waals surface area contributed by atoms with Gasteiger partial charge in [0.05, 0.1) is 16.4 Å². The lowest BCUT2D eigenvalue weighted by molar-refractivity contribution is -0.383. The van der Waals surface area contributed by atoms with Gasteiger partial charge in [-0.3, -0.25) is 19.7 Å². The van der Waals surface area contributed by atoms with Crippen LogP contribution in [0.25, 0.3) is 0 Å². The second kappa shape index (κ2) is 9.01. The van der Waals surface area contributed by atoms with E-state index in [-0.39, 0.29) is 22.4 Å². The number of para-hydroxylation sites is 2. The molecule has 0 heterocycles. The molecule has 7 nitrogen and oxygen atoms in total. The fourth-order valence-corrected chi connectivity index (χ4v) is 3.97. The van der Waals surface area contributed by atoms with Crippen molar-refractivity contribution in [2.24, 2.45) is 0 Å². The molecule has 1 N–H and O–H groups in total. The number of nitro groups is 1. The average molecular weight is 452 g/mol. The number of carbonyl (C=O) groups is 2. The summed E-state index contributed by atoms with van der Waals surface area (Å²) in [5.41, 5.74) is 2.56. The van der Waals surface area contributed by atoms with Gasteiger partial charge in [-0.2, -0.15) is 0 Å². The van der Waals surface area contributed by atoms with E-state index in [0.717, 1.165) is 33.0 Å². The Labute approximate surface area is 169 Å². The summed E-state index contributed by atoms with van der Waals surface area (Å²) in [6.45, 7) is 3.81. The number of hydrogen-bond acceptors (Lipinski definition) is 5. The highest BCUT2D eigenvalue weighted by atomic mass is 79.9. The molecule has 0 spiro atoms. The normalized spacial score (nSPS) is 10.4. The first-order chi connectivity index (χ1) is 12.7. The molecule has 0 unspecified atom stereocenters. The Morgan fingerprint density at radius 3 is 2.41 bits per heavy atom. The summed E-state index contributed by atoms with van der Waals surface area (Å²) in [7, 11) is 1.65. The number of anilines is 2. The minimum absolute atomic E-state index is 0.105. The number of aryl methyl sites for hydroxylation is 2. The lowest BCUT2D eigenvalue weighted by Crippen LogP contribution is -2.26. The van der Waals surface area contributed by atoms with Crippen LogP contribution in [-0.2, 0) is 4.79 Å². The molecule has 0 fully saturated rings. The van der Waals surface area contributed by atoms with Gasteiger partial charge in [-0.1, -0.05) is 39.8 Å². The van der Waals surface area contributed by atoms with Crippen LogP contribution in [0, 0.1) is 24.0 Å². The fraction of sp³-hybridized carbons (Fsp3) is 0.222. The molecule has 2 rings (SSSR count). The SMILES string of the molecule is Cc1cc(Br)cc(C)c1N(C)C(=O)SCC(=O)Nc1ccccc1[N+](=O)[O-]. The predicted molar refractivity (Wildman–Crippen MR) is 112 cm³/mol. The van der Waals surface area contributed by atoms with Gasteiger partial charge in [0.15, 0.2) is 0 Å². The average Bonchev–Trinajstić information content (AvgIpc) is 2.58. The maximum atomic E-state index is 12.5. The predicted octanol–water partition coefficient (Wildman–Crippen LogP) is 4.90. The van der Waals surface area contributed by atoms with Gasteiger partial charge in [0.1, 0.15) is 5.69 Å². The number of carbonyl (C=O) groups excluding carboxylic acids is 2. The summed E-state index contributed by atoms with van der Waals surface area (Å²) in [5.74, 6) is -0.635. The van der Waals surface area contributed by atoms with Crippen molar-refractivity contribution >= 4 is 55.9 Å². The van der Waals surface area contributed by atoms with Crippen molar-refractivity contribution in [2.75, 3.05) is 23.0 Å². The van der Waals surface area contributed by atoms with Crippen molar-refractivity contribution in [3.8, 4) is 0 Å². The van der Waals surface area contributed by atoms with Gasteiger partial charge in [0, 0.05) is 17.6 Å². The van der Waals surface area contributed by atoms with E-state index in [1.807, 2.05) is 26.0 Å². The Hall–Kier alpha value is -2.39. The first-order valence-electron chi connectivity index (χ1n) is 7.91. The number of rotatable bonds is 5. The lowest BCUT2D eigenvalue weighted by Gasteiger charge is -2.21. The summed E-state index contributed by atoms with van der Waals surface area (Å²) < 4.78 is 0.929. The summed E-state index contributed by atoms with van der Waals surface area (Å²) in [5, 5.41) is 13.2. The van der Waals surface area contributed by atoms with Crippen LogP contribution >= 0.6 is 27.7 Å². The Morgan fingerprint density at radius 2 is 1.81 bits per heavy atom. The van der Waals surface area contributed by atoms with Gasteiger partial charge >= 0.3 is 0 Å². The zero-order valence-corrected chi connectivity index (χ0v) is 17.4. The monoisotopic (exact) mass is 451 g/mol. The van der Waals surface area contributed by atoms with Gasteiger partial charge in [-0.05, 0) is 43.2 Å². The maximum absolute atomic E-state index is 12.5. The van der Waals surface area contributed by atoms with E-state index in [4.69, 9.17) is 0 Å². The summed E-state index contributed by atoms with van der Waals surface area (Å²) in [4.78, 5) is 36.5. The molecule has 0 saturated carbocycles. The van der Waals surface area contributed by atoms with Crippen molar-refractivity contribution in [1.82, 2.24) is 0 Å². The Bertz CT molecular complexity index is 881. The molecule has 0 aliphatic carbocycles. The second-order valence-corrected chi connectivity index (χ2v) is 7.67. The molecule has 0 saturated heterocycles. The number of nitro benzene ring substituents is 1. The zero-order chi connectivity index (χ0) is 20.1. The molecule has 2 aromatic rings. The number of thioether (sulfide) groups is 1. The molecule has 0 aromatic heterocycles. The highest BCUT2D eigenvalue weighted by Gasteiger charge is 2.19. The zero-order valence-electron chi connectivity index (χ0n) is 15.0. The first-order valence-corrected chi connectivity index (χ1v) is 9.69. The van der Waals surface area contributed by atoms with E-state index in [2.05, 4.69) is 21.2 Å². The van der Waals surface area contributed by atoms with Gasteiger partial charge < -0.3 is 10.2 Å². The smallest absolute Gasteiger partial charge is 0.292 e. The first kappa shape index (κ1) is 20.9. The fourth-order valence-electron chi connectivity index (χ4n) is 2.67. The molecule has 27 heavy (non-hydrogen) atoms. The van der Waals surface area contributed by atoms with Crippen LogP contribution in [0.3, 0.4) is 0 Å². The van der Waals surface area contributed by atoms with Crippen LogP contribution in [0.4, 0.5) is 21.9 Å². The topological polar surface area (TPSA) is 92.6 Å². The third-order valence-corrected chi connectivity index (χ3v) is 5.15. The Balaban J connectivity index is 2.01. The van der Waals surface area contributed by atoms with E-state index < -0.39 is 10.8 Å². The van der Waals surface area contributed by atoms with Crippen LogP contribution in [0.1, 0.15) is 11.1 Å². The molecule has 0 aliphatic rings. The van der Waals surface area contributed by atoms with Crippen LogP contribution in [-0.4, -0.2) is 28.9 Å². The van der Waals surface area contributed by atoms with Crippen molar-refractivity contribution in [3.63, 3.8) is 0 Å². The van der Waals surface area contributed by atoms with E-state index in [9.17, 15) is 19.7 Å². The minimum Gasteiger partial charge on any atom is -0.320 e. The van der Waals surface area contributed by atoms with E-state index in [1.54, 1.807) is 13.1 Å². The molecule has 0 atom stereocenters. The van der Waals surface area contributed by atoms with Crippen LogP contribution < -0.4 is 10.2 Å². The summed E-state index contributed by atoms with van der Waals surface area (Å²) in [6.07, 6.45) is 0. The van der Waals surface area contributed by atoms with Crippen molar-refractivity contribution < 1.29 is 14.5 Å². The van der Waals surface area contributed by atoms with Gasteiger partial charge in [0.2, 0.25) is 5.91 Å². The number of amides is 2. The van der Waals surface area contributed by atoms with Gasteiger partial charge in [-0.25, -0.2) is 0 Å². The standard InChI is InChI=1S/C18H18BrN3O4S/c1-11-8-13(19)9-12(2)17(11)21(3)18(24)27-10-16(23)20-14-6-4-5-7-15(14)22(25)26/h4-9H,10H2,1-3H3,(H,20,23). The maximum Gasteiger partial charge on any atom is 0.292 e. The third-order valence-electron chi connectivity index (χ3n) is 3.77. The van der Waals surface area contributed by atoms with E-state index in [1.165, 1.54) is 23.1 Å². The van der Waals surface area contributed by atoms with Gasteiger partial charge in [-0.15, -0.1) is 0 Å². The van der Waals surface area contributed by atoms with Crippen molar-refractivity contribution in [3.05, 3.63) is 62.1 Å². The van der Waals surface area contributed by atoms with Gasteiger partial charge in [0.25, 0.3) is 10.9 Å². The molecular weight excluding hydrogens is 434 g/mol. The van der Waals surface area contributed by atoms with Crippen molar-refractivity contribution in [2.45, 2.75) is 13.8 Å². The molecule has 0 radical (unpaired) electrons. The van der Waals surface area contributed by atoms with E-state index in [0.29, 0.717) is 0 Å². The molecular formula is C18H18BrN3O4S. The van der Waals surface area contributed by atoms with Crippen LogP contribution in [0.2, 0.25) is 0 Å². The minimum atomic E-state index is -0.569. The van der Waals surface area contributed by atoms with Crippen LogP contribution in [0.5, 0.6) is 0 Å². The number of halogens is 1. The van der Waals surface area contributed by atoms with Crippen molar-refractivity contribution in [1.29, 1.82) is 0 Å². The second-order valence-electron chi connectivity index (χ2n) is 5.82. The Kier molecular flexibility index (Phi) is 6.98. The summed E-state index contributed by atoms with van der Waals surface area (Å²) in [6, 6.07) is 9.69. The number of nitrogens with one attached hydrogen (secondary N) is 1. The molecule has 0 aliphatic heterocycles. The van der Waals surface area contributed by atoms with E-state index >= 15 is 0 Å². The summed E-state index contributed by atoms with van der Waals surface area (Å²) >= 11 is 4.26.